The van der Waals surface area contributed by atoms with Crippen molar-refractivity contribution in [3.05, 3.63) is 33.8 Å². The molecule has 0 heterocycles. The minimum atomic E-state index is -0.334. The van der Waals surface area contributed by atoms with Crippen molar-refractivity contribution >= 4 is 41.5 Å². The summed E-state index contributed by atoms with van der Waals surface area (Å²) in [5.41, 5.74) is 5.84. The van der Waals surface area contributed by atoms with Gasteiger partial charge in [0.05, 0.1) is 0 Å². The summed E-state index contributed by atoms with van der Waals surface area (Å²) in [6.45, 7) is 4.79. The number of carbonyl (C=O) groups is 1. The highest BCUT2D eigenvalue weighted by atomic mass is 35.5. The summed E-state index contributed by atoms with van der Waals surface area (Å²) in [4.78, 5) is 11.4. The maximum Gasteiger partial charge on any atom is 0.221 e. The van der Waals surface area contributed by atoms with Gasteiger partial charge in [0.1, 0.15) is 0 Å². The van der Waals surface area contributed by atoms with Gasteiger partial charge in [-0.1, -0.05) is 43.1 Å². The molecule has 3 N–H and O–H groups in total. The lowest BCUT2D eigenvalue weighted by atomic mass is 9.84. The van der Waals surface area contributed by atoms with Crippen LogP contribution >= 0.6 is 35.6 Å². The van der Waals surface area contributed by atoms with Gasteiger partial charge in [-0.2, -0.15) is 0 Å². The van der Waals surface area contributed by atoms with Gasteiger partial charge in [0.15, 0.2) is 0 Å². The maximum atomic E-state index is 11.4. The van der Waals surface area contributed by atoms with Gasteiger partial charge in [0.25, 0.3) is 0 Å². The number of nitrogens with two attached hydrogens (primary N) is 1. The first-order valence-electron chi connectivity index (χ1n) is 5.80. The van der Waals surface area contributed by atoms with Crippen molar-refractivity contribution in [1.82, 2.24) is 5.32 Å². The van der Waals surface area contributed by atoms with E-state index >= 15 is 0 Å². The average molecular weight is 326 g/mol. The molecule has 6 heteroatoms. The number of hydrogen-bond donors (Lipinski definition) is 2. The summed E-state index contributed by atoms with van der Waals surface area (Å²) in [5.74, 6) is -0.0613. The van der Waals surface area contributed by atoms with Crippen LogP contribution in [0.25, 0.3) is 0 Å². The standard InChI is InChI=1S/C13H18Cl2N2O.ClH/c1-13(2,8-17-11(18)6-7-16)12-9(14)4-3-5-10(12)15;/h3-5H,6-8,16H2,1-2H3,(H,17,18);1H. The molecule has 0 atom stereocenters. The highest BCUT2D eigenvalue weighted by Gasteiger charge is 2.26. The molecule has 0 spiro atoms. The second-order valence-corrected chi connectivity index (χ2v) is 5.61. The van der Waals surface area contributed by atoms with E-state index in [-0.39, 0.29) is 23.7 Å². The Kier molecular flexibility index (Phi) is 7.75. The van der Waals surface area contributed by atoms with Crippen molar-refractivity contribution in [1.29, 1.82) is 0 Å². The molecular formula is C13H19Cl3N2O. The van der Waals surface area contributed by atoms with E-state index in [2.05, 4.69) is 5.32 Å². The summed E-state index contributed by atoms with van der Waals surface area (Å²) >= 11 is 12.3. The molecule has 1 rings (SSSR count). The van der Waals surface area contributed by atoms with Gasteiger partial charge in [-0.05, 0) is 17.7 Å². The molecule has 1 aromatic rings. The van der Waals surface area contributed by atoms with Crippen LogP contribution in [0.3, 0.4) is 0 Å². The molecular weight excluding hydrogens is 307 g/mol. The van der Waals surface area contributed by atoms with E-state index in [1.807, 2.05) is 13.8 Å². The first kappa shape index (κ1) is 18.5. The van der Waals surface area contributed by atoms with Gasteiger partial charge >= 0.3 is 0 Å². The van der Waals surface area contributed by atoms with Crippen LogP contribution in [0, 0.1) is 0 Å². The zero-order chi connectivity index (χ0) is 13.8. The van der Waals surface area contributed by atoms with Crippen molar-refractivity contribution in [3.8, 4) is 0 Å². The van der Waals surface area contributed by atoms with E-state index in [9.17, 15) is 4.79 Å². The Labute approximate surface area is 130 Å². The summed E-state index contributed by atoms with van der Waals surface area (Å²) in [6.07, 6.45) is 0.326. The number of carbonyl (C=O) groups excluding carboxylic acids is 1. The number of halogens is 3. The van der Waals surface area contributed by atoms with Crippen LogP contribution in [0.1, 0.15) is 25.8 Å². The molecule has 0 bridgehead atoms. The summed E-state index contributed by atoms with van der Waals surface area (Å²) < 4.78 is 0. The molecule has 0 fully saturated rings. The molecule has 1 amide bonds. The molecule has 0 aliphatic rings. The lowest BCUT2D eigenvalue weighted by molar-refractivity contribution is -0.121. The molecule has 3 nitrogen and oxygen atoms in total. The lowest BCUT2D eigenvalue weighted by Crippen LogP contribution is -2.37. The van der Waals surface area contributed by atoms with E-state index in [0.717, 1.165) is 5.56 Å². The highest BCUT2D eigenvalue weighted by Crippen LogP contribution is 2.35. The van der Waals surface area contributed by atoms with Gasteiger partial charge in [-0.25, -0.2) is 0 Å². The Morgan fingerprint density at radius 2 is 1.84 bits per heavy atom. The Hall–Kier alpha value is -0.480. The fourth-order valence-electron chi connectivity index (χ4n) is 1.77. The van der Waals surface area contributed by atoms with E-state index in [1.54, 1.807) is 18.2 Å². The third kappa shape index (κ3) is 5.19. The van der Waals surface area contributed by atoms with Gasteiger partial charge in [0.2, 0.25) is 5.91 Å². The molecule has 0 radical (unpaired) electrons. The smallest absolute Gasteiger partial charge is 0.221 e. The van der Waals surface area contributed by atoms with Crippen LogP contribution in [-0.2, 0) is 10.2 Å². The molecule has 0 aliphatic carbocycles. The predicted octanol–water partition coefficient (Wildman–Crippen LogP) is 3.16. The Balaban J connectivity index is 0.00000324. The van der Waals surface area contributed by atoms with E-state index in [4.69, 9.17) is 28.9 Å². The fourth-order valence-corrected chi connectivity index (χ4v) is 2.68. The van der Waals surface area contributed by atoms with E-state index in [0.29, 0.717) is 29.6 Å². The second kappa shape index (κ2) is 7.95. The van der Waals surface area contributed by atoms with Gasteiger partial charge in [-0.3, -0.25) is 4.79 Å². The van der Waals surface area contributed by atoms with Gasteiger partial charge in [-0.15, -0.1) is 12.4 Å². The van der Waals surface area contributed by atoms with E-state index in [1.165, 1.54) is 0 Å². The monoisotopic (exact) mass is 324 g/mol. The topological polar surface area (TPSA) is 55.1 Å². The average Bonchev–Trinajstić information content (AvgIpc) is 2.26. The molecule has 19 heavy (non-hydrogen) atoms. The van der Waals surface area contributed by atoms with Crippen LogP contribution < -0.4 is 11.1 Å². The first-order valence-corrected chi connectivity index (χ1v) is 6.55. The number of benzene rings is 1. The quantitative estimate of drug-likeness (QED) is 0.873. The Bertz CT molecular complexity index is 416. The Morgan fingerprint density at radius 1 is 1.32 bits per heavy atom. The molecule has 0 unspecified atom stereocenters. The molecule has 108 valence electrons. The minimum Gasteiger partial charge on any atom is -0.355 e. The van der Waals surface area contributed by atoms with Crippen molar-refractivity contribution in [3.63, 3.8) is 0 Å². The van der Waals surface area contributed by atoms with Crippen molar-refractivity contribution < 1.29 is 4.79 Å². The zero-order valence-corrected chi connectivity index (χ0v) is 13.3. The molecule has 0 aromatic heterocycles. The van der Waals surface area contributed by atoms with Crippen molar-refractivity contribution in [2.75, 3.05) is 13.1 Å². The largest absolute Gasteiger partial charge is 0.355 e. The van der Waals surface area contributed by atoms with Crippen LogP contribution in [0.4, 0.5) is 0 Å². The lowest BCUT2D eigenvalue weighted by Gasteiger charge is -2.27. The third-order valence-corrected chi connectivity index (χ3v) is 3.37. The number of hydrogen-bond acceptors (Lipinski definition) is 2. The van der Waals surface area contributed by atoms with Crippen LogP contribution in [0.15, 0.2) is 18.2 Å². The number of nitrogens with one attached hydrogen (secondary N) is 1. The Morgan fingerprint density at radius 3 is 2.32 bits per heavy atom. The maximum absolute atomic E-state index is 11.4. The number of rotatable bonds is 5. The van der Waals surface area contributed by atoms with Crippen LogP contribution in [-0.4, -0.2) is 19.0 Å². The summed E-state index contributed by atoms with van der Waals surface area (Å²) in [7, 11) is 0. The SMILES string of the molecule is CC(C)(CNC(=O)CCN)c1c(Cl)cccc1Cl.Cl. The third-order valence-electron chi connectivity index (χ3n) is 2.74. The van der Waals surface area contributed by atoms with Gasteiger partial charge < -0.3 is 11.1 Å². The molecule has 0 aliphatic heterocycles. The van der Waals surface area contributed by atoms with Crippen molar-refractivity contribution in [2.24, 2.45) is 5.73 Å². The fraction of sp³-hybridized carbons (Fsp3) is 0.462. The van der Waals surface area contributed by atoms with E-state index < -0.39 is 0 Å². The molecule has 1 aromatic carbocycles. The van der Waals surface area contributed by atoms with Crippen molar-refractivity contribution in [2.45, 2.75) is 25.7 Å². The highest BCUT2D eigenvalue weighted by molar-refractivity contribution is 6.36. The summed E-state index contributed by atoms with van der Waals surface area (Å²) in [5, 5.41) is 4.06. The zero-order valence-electron chi connectivity index (χ0n) is 11.0. The normalized spacial score (nSPS) is 10.8. The second-order valence-electron chi connectivity index (χ2n) is 4.80. The first-order chi connectivity index (χ1) is 8.38. The predicted molar refractivity (Wildman–Crippen MR) is 83.4 cm³/mol. The van der Waals surface area contributed by atoms with Gasteiger partial charge in [0, 0.05) is 35.0 Å². The summed E-state index contributed by atoms with van der Waals surface area (Å²) in [6, 6.07) is 5.40. The number of amides is 1. The molecule has 0 saturated heterocycles. The van der Waals surface area contributed by atoms with Crippen LogP contribution in [0.2, 0.25) is 10.0 Å². The van der Waals surface area contributed by atoms with Crippen LogP contribution in [0.5, 0.6) is 0 Å². The minimum absolute atomic E-state index is 0. The molecule has 0 saturated carbocycles.